The number of benzene rings is 2. The van der Waals surface area contributed by atoms with Gasteiger partial charge in [0.25, 0.3) is 0 Å². The molecule has 1 fully saturated rings. The van der Waals surface area contributed by atoms with Crippen LogP contribution in [0.3, 0.4) is 0 Å². The number of carbonyl (C=O) groups excluding carboxylic acids is 1. The van der Waals surface area contributed by atoms with Gasteiger partial charge in [-0.1, -0.05) is 42.5 Å². The molecule has 27 heavy (non-hydrogen) atoms. The molecule has 2 heterocycles. The lowest BCUT2D eigenvalue weighted by atomic mass is 10.00. The molecule has 4 rings (SSSR count). The maximum atomic E-state index is 12.4. The van der Waals surface area contributed by atoms with E-state index in [4.69, 9.17) is 9.15 Å². The summed E-state index contributed by atoms with van der Waals surface area (Å²) in [5.41, 5.74) is 0.772. The van der Waals surface area contributed by atoms with Gasteiger partial charge in [-0.2, -0.15) is 0 Å². The van der Waals surface area contributed by atoms with Gasteiger partial charge in [0.05, 0.1) is 19.2 Å². The first-order valence-electron chi connectivity index (χ1n) is 9.11. The van der Waals surface area contributed by atoms with Crippen molar-refractivity contribution in [3.05, 3.63) is 76.3 Å². The van der Waals surface area contributed by atoms with E-state index >= 15 is 0 Å². The van der Waals surface area contributed by atoms with Crippen molar-refractivity contribution in [2.24, 2.45) is 0 Å². The van der Waals surface area contributed by atoms with E-state index < -0.39 is 5.63 Å². The van der Waals surface area contributed by atoms with Crippen molar-refractivity contribution in [1.29, 1.82) is 0 Å². The smallest absolute Gasteiger partial charge is 0.339 e. The lowest BCUT2D eigenvalue weighted by Crippen LogP contribution is -2.56. The fourth-order valence-electron chi connectivity index (χ4n) is 3.46. The Morgan fingerprint density at radius 3 is 2.74 bits per heavy atom. The minimum absolute atomic E-state index is 0.0762. The SMILES string of the molecule is Cc1cc(OC2CN(C(=O)CCc3cccc4ccccc34)C2)cc(=O)o1. The van der Waals surface area contributed by atoms with E-state index in [9.17, 15) is 9.59 Å². The van der Waals surface area contributed by atoms with Gasteiger partial charge in [0, 0.05) is 12.5 Å². The average Bonchev–Trinajstić information content (AvgIpc) is 2.61. The third-order valence-electron chi connectivity index (χ3n) is 4.86. The summed E-state index contributed by atoms with van der Waals surface area (Å²) in [5.74, 6) is 1.14. The number of fused-ring (bicyclic) bond motifs is 1. The van der Waals surface area contributed by atoms with E-state index in [-0.39, 0.29) is 12.0 Å². The number of ether oxygens (including phenoxy) is 1. The standard InChI is InChI=1S/C22H21NO4/c1-15-11-18(12-22(25)26-15)27-19-13-23(14-19)21(24)10-9-17-7-4-6-16-5-2-3-8-20(16)17/h2-8,11-12,19H,9-10,13-14H2,1H3. The van der Waals surface area contributed by atoms with Gasteiger partial charge in [-0.3, -0.25) is 4.79 Å². The second kappa shape index (κ2) is 7.27. The minimum Gasteiger partial charge on any atom is -0.486 e. The molecule has 1 aliphatic heterocycles. The maximum Gasteiger partial charge on any atom is 0.339 e. The summed E-state index contributed by atoms with van der Waals surface area (Å²) in [4.78, 5) is 25.6. The molecule has 0 unspecified atom stereocenters. The van der Waals surface area contributed by atoms with Crippen molar-refractivity contribution >= 4 is 16.7 Å². The highest BCUT2D eigenvalue weighted by molar-refractivity contribution is 5.86. The summed E-state index contributed by atoms with van der Waals surface area (Å²) in [7, 11) is 0. The summed E-state index contributed by atoms with van der Waals surface area (Å²) in [5, 5.41) is 2.40. The van der Waals surface area contributed by atoms with E-state index in [1.165, 1.54) is 22.4 Å². The molecular formula is C22H21NO4. The monoisotopic (exact) mass is 363 g/mol. The van der Waals surface area contributed by atoms with Crippen LogP contribution in [-0.4, -0.2) is 30.0 Å². The number of nitrogens with zero attached hydrogens (tertiary/aromatic N) is 1. The Balaban J connectivity index is 1.31. The van der Waals surface area contributed by atoms with Gasteiger partial charge in [0.1, 0.15) is 17.6 Å². The first kappa shape index (κ1) is 17.3. The van der Waals surface area contributed by atoms with Crippen LogP contribution >= 0.6 is 0 Å². The predicted molar refractivity (Wildman–Crippen MR) is 103 cm³/mol. The van der Waals surface area contributed by atoms with Crippen LogP contribution in [0.25, 0.3) is 10.8 Å². The molecule has 138 valence electrons. The Bertz CT molecular complexity index is 1030. The molecule has 1 amide bonds. The molecular weight excluding hydrogens is 342 g/mol. The molecule has 0 radical (unpaired) electrons. The molecule has 3 aromatic rings. The minimum atomic E-state index is -0.424. The van der Waals surface area contributed by atoms with Crippen LogP contribution in [0.2, 0.25) is 0 Å². The fourth-order valence-corrected chi connectivity index (χ4v) is 3.46. The Morgan fingerprint density at radius 1 is 1.15 bits per heavy atom. The number of likely N-dealkylation sites (tertiary alicyclic amines) is 1. The number of hydrogen-bond donors (Lipinski definition) is 0. The number of hydrogen-bond acceptors (Lipinski definition) is 4. The van der Waals surface area contributed by atoms with Crippen molar-refractivity contribution in [3.8, 4) is 5.75 Å². The third-order valence-corrected chi connectivity index (χ3v) is 4.86. The Hall–Kier alpha value is -3.08. The lowest BCUT2D eigenvalue weighted by Gasteiger charge is -2.39. The van der Waals surface area contributed by atoms with Crippen molar-refractivity contribution in [3.63, 3.8) is 0 Å². The van der Waals surface area contributed by atoms with Gasteiger partial charge >= 0.3 is 5.63 Å². The summed E-state index contributed by atoms with van der Waals surface area (Å²) in [6, 6.07) is 17.5. The zero-order chi connectivity index (χ0) is 18.8. The van der Waals surface area contributed by atoms with Gasteiger partial charge in [0.2, 0.25) is 5.91 Å². The molecule has 2 aromatic carbocycles. The molecule has 0 saturated carbocycles. The summed E-state index contributed by atoms with van der Waals surface area (Å²) >= 11 is 0. The fraction of sp³-hybridized carbons (Fsp3) is 0.273. The van der Waals surface area contributed by atoms with E-state index in [0.717, 1.165) is 6.42 Å². The van der Waals surface area contributed by atoms with Crippen LogP contribution < -0.4 is 10.4 Å². The number of rotatable bonds is 5. The van der Waals surface area contributed by atoms with Crippen LogP contribution in [0.15, 0.2) is 63.8 Å². The van der Waals surface area contributed by atoms with Gasteiger partial charge < -0.3 is 14.1 Å². The molecule has 1 aliphatic rings. The van der Waals surface area contributed by atoms with E-state index in [1.807, 2.05) is 18.2 Å². The first-order valence-corrected chi connectivity index (χ1v) is 9.11. The predicted octanol–water partition coefficient (Wildman–Crippen LogP) is 3.32. The van der Waals surface area contributed by atoms with Crippen molar-refractivity contribution < 1.29 is 13.9 Å². The molecule has 0 aliphatic carbocycles. The second-order valence-corrected chi connectivity index (χ2v) is 6.90. The summed E-state index contributed by atoms with van der Waals surface area (Å²) in [6.07, 6.45) is 1.13. The van der Waals surface area contributed by atoms with Crippen LogP contribution in [-0.2, 0) is 11.2 Å². The third kappa shape index (κ3) is 3.87. The molecule has 5 heteroatoms. The zero-order valence-electron chi connectivity index (χ0n) is 15.2. The van der Waals surface area contributed by atoms with E-state index in [1.54, 1.807) is 17.9 Å². The zero-order valence-corrected chi connectivity index (χ0v) is 15.2. The quantitative estimate of drug-likeness (QED) is 0.698. The highest BCUT2D eigenvalue weighted by Gasteiger charge is 2.32. The molecule has 5 nitrogen and oxygen atoms in total. The van der Waals surface area contributed by atoms with Crippen molar-refractivity contribution in [2.45, 2.75) is 25.9 Å². The molecule has 0 atom stereocenters. The summed E-state index contributed by atoms with van der Waals surface area (Å²) < 4.78 is 10.7. The average molecular weight is 363 g/mol. The van der Waals surface area contributed by atoms with E-state index in [2.05, 4.69) is 24.3 Å². The molecule has 0 N–H and O–H groups in total. The Kier molecular flexibility index (Phi) is 4.67. The largest absolute Gasteiger partial charge is 0.486 e. The first-order chi connectivity index (χ1) is 13.1. The van der Waals surface area contributed by atoms with Gasteiger partial charge in [0.15, 0.2) is 0 Å². The van der Waals surface area contributed by atoms with Gasteiger partial charge in [-0.05, 0) is 29.7 Å². The number of carbonyl (C=O) groups is 1. The molecule has 0 bridgehead atoms. The highest BCUT2D eigenvalue weighted by Crippen LogP contribution is 2.22. The lowest BCUT2D eigenvalue weighted by molar-refractivity contribution is -0.139. The number of amides is 1. The van der Waals surface area contributed by atoms with Crippen LogP contribution in [0.5, 0.6) is 5.75 Å². The number of aryl methyl sites for hydroxylation is 2. The van der Waals surface area contributed by atoms with Crippen LogP contribution in [0.1, 0.15) is 17.7 Å². The highest BCUT2D eigenvalue weighted by atomic mass is 16.5. The Morgan fingerprint density at radius 2 is 1.93 bits per heavy atom. The van der Waals surface area contributed by atoms with E-state index in [0.29, 0.717) is 31.0 Å². The molecule has 0 spiro atoms. The maximum absolute atomic E-state index is 12.4. The molecule has 1 saturated heterocycles. The molecule has 1 aromatic heterocycles. The van der Waals surface area contributed by atoms with Crippen LogP contribution in [0, 0.1) is 6.92 Å². The van der Waals surface area contributed by atoms with Crippen molar-refractivity contribution in [2.75, 3.05) is 13.1 Å². The topological polar surface area (TPSA) is 59.8 Å². The van der Waals surface area contributed by atoms with Crippen molar-refractivity contribution in [1.82, 2.24) is 4.90 Å². The van der Waals surface area contributed by atoms with Crippen LogP contribution in [0.4, 0.5) is 0 Å². The van der Waals surface area contributed by atoms with Gasteiger partial charge in [-0.15, -0.1) is 0 Å². The second-order valence-electron chi connectivity index (χ2n) is 6.90. The summed E-state index contributed by atoms with van der Waals surface area (Å²) in [6.45, 7) is 2.80. The Labute approximate surface area is 157 Å². The normalized spacial score (nSPS) is 14.2. The van der Waals surface area contributed by atoms with Gasteiger partial charge in [-0.25, -0.2) is 4.79 Å².